The number of rotatable bonds is 3. The molecule has 6 nitrogen and oxygen atoms in total. The molecule has 1 fully saturated rings. The minimum atomic E-state index is -0.586. The molecule has 0 bridgehead atoms. The van der Waals surface area contributed by atoms with Gasteiger partial charge in [0.1, 0.15) is 0 Å². The Balaban J connectivity index is 2.08. The van der Waals surface area contributed by atoms with Crippen LogP contribution < -0.4 is 5.32 Å². The molecular weight excluding hydrogens is 302 g/mol. The van der Waals surface area contributed by atoms with E-state index in [2.05, 4.69) is 26.3 Å². The molecule has 1 aliphatic heterocycles. The van der Waals surface area contributed by atoms with E-state index in [9.17, 15) is 9.59 Å². The first-order valence-corrected chi connectivity index (χ1v) is 7.28. The zero-order valence-electron chi connectivity index (χ0n) is 12.4. The quantitative estimate of drug-likeness (QED) is 0.400. The van der Waals surface area contributed by atoms with Gasteiger partial charge in [0.25, 0.3) is 5.91 Å². The predicted octanol–water partition coefficient (Wildman–Crippen LogP) is 1.91. The molecule has 1 aromatic rings. The number of amidine groups is 1. The maximum Gasteiger partial charge on any atom is 0.331 e. The number of hydrogen-bond acceptors (Lipinski definition) is 6. The van der Waals surface area contributed by atoms with Gasteiger partial charge in [0.05, 0.1) is 18.2 Å². The highest BCUT2D eigenvalue weighted by molar-refractivity contribution is 8.18. The number of ether oxygens (including phenoxy) is 1. The molecule has 0 saturated carbocycles. The van der Waals surface area contributed by atoms with Crippen LogP contribution in [0.4, 0.5) is 0 Å². The molecule has 22 heavy (non-hydrogen) atoms. The van der Waals surface area contributed by atoms with Crippen LogP contribution in [0.2, 0.25) is 0 Å². The second kappa shape index (κ2) is 7.04. The van der Waals surface area contributed by atoms with E-state index >= 15 is 0 Å². The first-order chi connectivity index (χ1) is 10.5. The Kier molecular flexibility index (Phi) is 5.11. The summed E-state index contributed by atoms with van der Waals surface area (Å²) in [5, 5.41) is 10.7. The summed E-state index contributed by atoms with van der Waals surface area (Å²) in [6, 6.07) is 6.04. The SMILES string of the molecule is COC(=O)/C=C1/S/C(=N\N=Cc2cc(C)cc(C)c2)NC1=O. The van der Waals surface area contributed by atoms with E-state index < -0.39 is 11.9 Å². The van der Waals surface area contributed by atoms with Crippen LogP contribution in [0.3, 0.4) is 0 Å². The van der Waals surface area contributed by atoms with Crippen molar-refractivity contribution in [2.45, 2.75) is 13.8 Å². The molecule has 1 aromatic carbocycles. The first-order valence-electron chi connectivity index (χ1n) is 6.46. The summed E-state index contributed by atoms with van der Waals surface area (Å²) in [7, 11) is 1.25. The number of aryl methyl sites for hydroxylation is 2. The third-order valence-electron chi connectivity index (χ3n) is 2.70. The van der Waals surface area contributed by atoms with Gasteiger partial charge >= 0.3 is 5.97 Å². The van der Waals surface area contributed by atoms with Crippen LogP contribution in [0.5, 0.6) is 0 Å². The topological polar surface area (TPSA) is 80.1 Å². The van der Waals surface area contributed by atoms with E-state index in [1.807, 2.05) is 26.0 Å². The van der Waals surface area contributed by atoms with Crippen molar-refractivity contribution in [1.82, 2.24) is 5.32 Å². The predicted molar refractivity (Wildman–Crippen MR) is 86.8 cm³/mol. The van der Waals surface area contributed by atoms with Gasteiger partial charge in [-0.25, -0.2) is 4.79 Å². The largest absolute Gasteiger partial charge is 0.466 e. The van der Waals surface area contributed by atoms with Gasteiger partial charge in [0, 0.05) is 6.08 Å². The van der Waals surface area contributed by atoms with Crippen LogP contribution >= 0.6 is 11.8 Å². The number of carbonyl (C=O) groups is 2. The Morgan fingerprint density at radius 1 is 1.27 bits per heavy atom. The van der Waals surface area contributed by atoms with E-state index in [1.165, 1.54) is 7.11 Å². The number of nitrogens with one attached hydrogen (secondary N) is 1. The highest BCUT2D eigenvalue weighted by atomic mass is 32.2. The number of methoxy groups -OCH3 is 1. The summed E-state index contributed by atoms with van der Waals surface area (Å²) in [5.74, 6) is -0.978. The van der Waals surface area contributed by atoms with Crippen molar-refractivity contribution in [2.24, 2.45) is 10.2 Å². The van der Waals surface area contributed by atoms with Crippen LogP contribution in [0.15, 0.2) is 39.4 Å². The lowest BCUT2D eigenvalue weighted by Gasteiger charge is -1.98. The molecule has 2 rings (SSSR count). The van der Waals surface area contributed by atoms with Gasteiger partial charge in [-0.3, -0.25) is 10.1 Å². The average Bonchev–Trinajstić information content (AvgIpc) is 2.78. The molecule has 0 aromatic heterocycles. The summed E-state index contributed by atoms with van der Waals surface area (Å²) in [4.78, 5) is 23.0. The maximum atomic E-state index is 11.6. The third-order valence-corrected chi connectivity index (χ3v) is 3.60. The minimum absolute atomic E-state index is 0.229. The molecule has 1 aliphatic rings. The Bertz CT molecular complexity index is 688. The van der Waals surface area contributed by atoms with E-state index in [1.54, 1.807) is 6.21 Å². The highest BCUT2D eigenvalue weighted by Gasteiger charge is 2.24. The third kappa shape index (κ3) is 4.29. The van der Waals surface area contributed by atoms with Crippen molar-refractivity contribution in [3.05, 3.63) is 45.9 Å². The van der Waals surface area contributed by atoms with Gasteiger partial charge in [-0.05, 0) is 31.2 Å². The number of hydrogen-bond donors (Lipinski definition) is 1. The summed E-state index contributed by atoms with van der Waals surface area (Å²) < 4.78 is 4.48. The van der Waals surface area contributed by atoms with Crippen LogP contribution in [-0.2, 0) is 14.3 Å². The van der Waals surface area contributed by atoms with Gasteiger partial charge in [-0.1, -0.05) is 29.3 Å². The van der Waals surface area contributed by atoms with Crippen molar-refractivity contribution >= 4 is 35.0 Å². The van der Waals surface area contributed by atoms with Crippen LogP contribution in [0.1, 0.15) is 16.7 Å². The molecule has 0 aliphatic carbocycles. The lowest BCUT2D eigenvalue weighted by atomic mass is 10.1. The monoisotopic (exact) mass is 317 g/mol. The van der Waals surface area contributed by atoms with E-state index in [0.29, 0.717) is 5.17 Å². The fourth-order valence-corrected chi connectivity index (χ4v) is 2.61. The number of nitrogens with zero attached hydrogens (tertiary/aromatic N) is 2. The van der Waals surface area contributed by atoms with Crippen LogP contribution in [0.25, 0.3) is 0 Å². The van der Waals surface area contributed by atoms with Crippen LogP contribution in [0, 0.1) is 13.8 Å². The van der Waals surface area contributed by atoms with Gasteiger partial charge in [0.15, 0.2) is 5.17 Å². The summed E-state index contributed by atoms with van der Waals surface area (Å²) >= 11 is 1.04. The van der Waals surface area contributed by atoms with Crippen LogP contribution in [-0.4, -0.2) is 30.4 Å². The Labute approximate surface area is 132 Å². The van der Waals surface area contributed by atoms with Crippen molar-refractivity contribution in [3.63, 3.8) is 0 Å². The Morgan fingerprint density at radius 3 is 2.59 bits per heavy atom. The van der Waals surface area contributed by atoms with Crippen molar-refractivity contribution in [1.29, 1.82) is 0 Å². The van der Waals surface area contributed by atoms with Crippen molar-refractivity contribution in [2.75, 3.05) is 7.11 Å². The smallest absolute Gasteiger partial charge is 0.331 e. The fourth-order valence-electron chi connectivity index (χ4n) is 1.87. The standard InChI is InChI=1S/C15H15N3O3S/c1-9-4-10(2)6-11(5-9)8-16-18-15-17-14(20)12(22-15)7-13(19)21-3/h4-8H,1-3H3,(H,17,18,20)/b12-7+,16-8?. The Morgan fingerprint density at radius 2 is 1.95 bits per heavy atom. The van der Waals surface area contributed by atoms with Crippen molar-refractivity contribution in [3.8, 4) is 0 Å². The second-order valence-corrected chi connectivity index (χ2v) is 5.69. The zero-order valence-corrected chi connectivity index (χ0v) is 13.2. The van der Waals surface area contributed by atoms with Gasteiger partial charge in [-0.15, -0.1) is 5.10 Å². The van der Waals surface area contributed by atoms with E-state index in [4.69, 9.17) is 0 Å². The Hall–Kier alpha value is -2.41. The molecule has 114 valence electrons. The minimum Gasteiger partial charge on any atom is -0.466 e. The van der Waals surface area contributed by atoms with Gasteiger partial charge < -0.3 is 4.74 Å². The number of esters is 1. The molecular formula is C15H15N3O3S. The zero-order chi connectivity index (χ0) is 16.1. The van der Waals surface area contributed by atoms with Gasteiger partial charge in [0.2, 0.25) is 0 Å². The fraction of sp³-hybridized carbons (Fsp3) is 0.200. The van der Waals surface area contributed by atoms with Gasteiger partial charge in [-0.2, -0.15) is 5.10 Å². The number of carbonyl (C=O) groups excluding carboxylic acids is 2. The molecule has 0 spiro atoms. The lowest BCUT2D eigenvalue weighted by Crippen LogP contribution is -2.19. The number of benzene rings is 1. The number of amides is 1. The molecule has 1 saturated heterocycles. The summed E-state index contributed by atoms with van der Waals surface area (Å²) in [6.07, 6.45) is 2.73. The summed E-state index contributed by atoms with van der Waals surface area (Å²) in [6.45, 7) is 4.01. The van der Waals surface area contributed by atoms with E-state index in [0.717, 1.165) is 34.5 Å². The number of thioether (sulfide) groups is 1. The highest BCUT2D eigenvalue weighted by Crippen LogP contribution is 2.23. The lowest BCUT2D eigenvalue weighted by molar-refractivity contribution is -0.135. The second-order valence-electron chi connectivity index (χ2n) is 4.66. The molecule has 7 heteroatoms. The molecule has 0 radical (unpaired) electrons. The maximum absolute atomic E-state index is 11.6. The van der Waals surface area contributed by atoms with E-state index in [-0.39, 0.29) is 4.91 Å². The van der Waals surface area contributed by atoms with Crippen molar-refractivity contribution < 1.29 is 14.3 Å². The molecule has 1 heterocycles. The first kappa shape index (κ1) is 16.0. The molecule has 0 unspecified atom stereocenters. The average molecular weight is 317 g/mol. The summed E-state index contributed by atoms with van der Waals surface area (Å²) in [5.41, 5.74) is 3.21. The molecule has 0 atom stereocenters. The molecule has 1 amide bonds. The molecule has 1 N–H and O–H groups in total. The normalized spacial score (nSPS) is 18.2.